The van der Waals surface area contributed by atoms with Gasteiger partial charge in [-0.3, -0.25) is 4.79 Å². The number of hydrogen-bond acceptors (Lipinski definition) is 1. The number of carbonyl (C=O) groups is 1. The Labute approximate surface area is 85.3 Å². The number of halogens is 1. The molecular formula is C11H9BrO. The van der Waals surface area contributed by atoms with Crippen LogP contribution in [0.3, 0.4) is 0 Å². The first-order valence-electron chi connectivity index (χ1n) is 4.60. The molecule has 1 fully saturated rings. The minimum atomic E-state index is 0.220. The summed E-state index contributed by atoms with van der Waals surface area (Å²) in [6, 6.07) is 6.24. The molecule has 0 aromatic heterocycles. The highest BCUT2D eigenvalue weighted by Crippen LogP contribution is 2.50. The average Bonchev–Trinajstić information content (AvgIpc) is 2.59. The van der Waals surface area contributed by atoms with Crippen LogP contribution in [0.25, 0.3) is 0 Å². The Morgan fingerprint density at radius 3 is 2.62 bits per heavy atom. The molecule has 1 aromatic carbocycles. The number of hydrogen-bond donors (Lipinski definition) is 0. The quantitative estimate of drug-likeness (QED) is 0.677. The summed E-state index contributed by atoms with van der Waals surface area (Å²) in [7, 11) is 0. The molecule has 0 aliphatic heterocycles. The summed E-state index contributed by atoms with van der Waals surface area (Å²) in [6.45, 7) is 0. The van der Waals surface area contributed by atoms with Crippen molar-refractivity contribution >= 4 is 21.7 Å². The Morgan fingerprint density at radius 1 is 1.15 bits per heavy atom. The molecule has 2 bridgehead atoms. The first-order chi connectivity index (χ1) is 6.27. The van der Waals surface area contributed by atoms with E-state index >= 15 is 0 Å². The third kappa shape index (κ3) is 0.896. The van der Waals surface area contributed by atoms with E-state index in [9.17, 15) is 4.79 Å². The normalized spacial score (nSPS) is 29.5. The standard InChI is InChI=1S/C11H9BrO/c12-6-1-2-7-8-3-4-9(11(8)13)10(7)5-6/h1-2,5,8-9H,3-4H2. The molecule has 0 spiro atoms. The highest BCUT2D eigenvalue weighted by atomic mass is 79.9. The van der Waals surface area contributed by atoms with Crippen LogP contribution in [0.4, 0.5) is 0 Å². The molecule has 2 heteroatoms. The number of Topliss-reactive ketones (excluding diaryl/α,β-unsaturated/α-hetero) is 1. The van der Waals surface area contributed by atoms with Gasteiger partial charge in [-0.05, 0) is 36.1 Å². The average molecular weight is 237 g/mol. The Bertz CT molecular complexity index is 397. The molecule has 3 rings (SSSR count). The lowest BCUT2D eigenvalue weighted by molar-refractivity contribution is -0.119. The fraction of sp³-hybridized carbons (Fsp3) is 0.364. The third-order valence-corrected chi connectivity index (χ3v) is 3.72. The molecule has 1 nitrogen and oxygen atoms in total. The van der Waals surface area contributed by atoms with Crippen molar-refractivity contribution in [3.63, 3.8) is 0 Å². The Morgan fingerprint density at radius 2 is 1.85 bits per heavy atom. The summed E-state index contributed by atoms with van der Waals surface area (Å²) in [5, 5.41) is 0. The van der Waals surface area contributed by atoms with Crippen molar-refractivity contribution in [3.8, 4) is 0 Å². The Balaban J connectivity index is 2.24. The summed E-state index contributed by atoms with van der Waals surface area (Å²) in [6.07, 6.45) is 2.13. The molecule has 0 heterocycles. The molecule has 1 aromatic rings. The van der Waals surface area contributed by atoms with E-state index < -0.39 is 0 Å². The highest BCUT2D eigenvalue weighted by molar-refractivity contribution is 9.10. The van der Waals surface area contributed by atoms with E-state index in [1.165, 1.54) is 11.1 Å². The van der Waals surface area contributed by atoms with E-state index in [2.05, 4.69) is 28.1 Å². The molecule has 2 unspecified atom stereocenters. The predicted molar refractivity (Wildman–Crippen MR) is 53.9 cm³/mol. The van der Waals surface area contributed by atoms with Crippen LogP contribution in [-0.2, 0) is 4.79 Å². The van der Waals surface area contributed by atoms with Gasteiger partial charge in [0, 0.05) is 16.3 Å². The predicted octanol–water partition coefficient (Wildman–Crippen LogP) is 2.99. The molecule has 2 atom stereocenters. The minimum Gasteiger partial charge on any atom is -0.298 e. The molecule has 0 saturated heterocycles. The number of fused-ring (bicyclic) bond motifs is 5. The van der Waals surface area contributed by atoms with Gasteiger partial charge in [-0.2, -0.15) is 0 Å². The first kappa shape index (κ1) is 7.74. The van der Waals surface area contributed by atoms with Gasteiger partial charge in [-0.15, -0.1) is 0 Å². The zero-order valence-corrected chi connectivity index (χ0v) is 8.67. The van der Waals surface area contributed by atoms with Crippen LogP contribution in [0.2, 0.25) is 0 Å². The van der Waals surface area contributed by atoms with E-state index in [-0.39, 0.29) is 11.8 Å². The number of rotatable bonds is 0. The molecule has 0 amide bonds. The van der Waals surface area contributed by atoms with Crippen LogP contribution in [0.15, 0.2) is 22.7 Å². The van der Waals surface area contributed by atoms with Crippen molar-refractivity contribution in [2.45, 2.75) is 24.7 Å². The maximum Gasteiger partial charge on any atom is 0.147 e. The SMILES string of the molecule is O=C1C2CCC1c1cc(Br)ccc12. The van der Waals surface area contributed by atoms with E-state index in [1.54, 1.807) is 0 Å². The van der Waals surface area contributed by atoms with Gasteiger partial charge >= 0.3 is 0 Å². The Hall–Kier alpha value is -0.630. The van der Waals surface area contributed by atoms with Crippen molar-refractivity contribution in [2.75, 3.05) is 0 Å². The summed E-state index contributed by atoms with van der Waals surface area (Å²) in [5.41, 5.74) is 2.56. The maximum absolute atomic E-state index is 11.7. The second-order valence-electron chi connectivity index (χ2n) is 3.86. The van der Waals surface area contributed by atoms with Gasteiger partial charge in [-0.25, -0.2) is 0 Å². The largest absolute Gasteiger partial charge is 0.298 e. The molecule has 13 heavy (non-hydrogen) atoms. The third-order valence-electron chi connectivity index (χ3n) is 3.23. The van der Waals surface area contributed by atoms with Crippen molar-refractivity contribution in [1.29, 1.82) is 0 Å². The molecule has 2 aliphatic rings. The lowest BCUT2D eigenvalue weighted by Crippen LogP contribution is -1.98. The number of carbonyl (C=O) groups excluding carboxylic acids is 1. The van der Waals surface area contributed by atoms with Crippen LogP contribution < -0.4 is 0 Å². The van der Waals surface area contributed by atoms with Crippen molar-refractivity contribution in [3.05, 3.63) is 33.8 Å². The van der Waals surface area contributed by atoms with Crippen LogP contribution in [0.5, 0.6) is 0 Å². The lowest BCUT2D eigenvalue weighted by atomic mass is 9.92. The van der Waals surface area contributed by atoms with Gasteiger partial charge in [0.05, 0.1) is 0 Å². The second-order valence-corrected chi connectivity index (χ2v) is 4.77. The summed E-state index contributed by atoms with van der Waals surface area (Å²) in [5.74, 6) is 0.902. The molecule has 2 aliphatic carbocycles. The summed E-state index contributed by atoms with van der Waals surface area (Å²) >= 11 is 3.45. The smallest absolute Gasteiger partial charge is 0.147 e. The number of benzene rings is 1. The van der Waals surface area contributed by atoms with Gasteiger partial charge < -0.3 is 0 Å². The van der Waals surface area contributed by atoms with Crippen LogP contribution in [0.1, 0.15) is 35.8 Å². The van der Waals surface area contributed by atoms with Crippen LogP contribution in [-0.4, -0.2) is 5.78 Å². The van der Waals surface area contributed by atoms with E-state index in [1.807, 2.05) is 6.07 Å². The van der Waals surface area contributed by atoms with Crippen molar-refractivity contribution in [2.24, 2.45) is 0 Å². The topological polar surface area (TPSA) is 17.1 Å². The maximum atomic E-state index is 11.7. The van der Waals surface area contributed by atoms with E-state index in [0.29, 0.717) is 5.78 Å². The van der Waals surface area contributed by atoms with Crippen molar-refractivity contribution in [1.82, 2.24) is 0 Å². The van der Waals surface area contributed by atoms with Crippen LogP contribution >= 0.6 is 15.9 Å². The van der Waals surface area contributed by atoms with E-state index in [4.69, 9.17) is 0 Å². The van der Waals surface area contributed by atoms with Gasteiger partial charge in [0.1, 0.15) is 5.78 Å². The van der Waals surface area contributed by atoms with Gasteiger partial charge in [0.25, 0.3) is 0 Å². The number of ketones is 1. The molecule has 0 radical (unpaired) electrons. The monoisotopic (exact) mass is 236 g/mol. The summed E-state index contributed by atoms with van der Waals surface area (Å²) in [4.78, 5) is 11.7. The van der Waals surface area contributed by atoms with Crippen LogP contribution in [0, 0.1) is 0 Å². The highest BCUT2D eigenvalue weighted by Gasteiger charge is 2.44. The zero-order valence-electron chi connectivity index (χ0n) is 7.09. The van der Waals surface area contributed by atoms with Gasteiger partial charge in [0.15, 0.2) is 0 Å². The van der Waals surface area contributed by atoms with Gasteiger partial charge in [-0.1, -0.05) is 22.0 Å². The zero-order chi connectivity index (χ0) is 9.00. The molecule has 66 valence electrons. The molecular weight excluding hydrogens is 228 g/mol. The van der Waals surface area contributed by atoms with E-state index in [0.717, 1.165) is 17.3 Å². The first-order valence-corrected chi connectivity index (χ1v) is 5.40. The second kappa shape index (κ2) is 2.44. The fourth-order valence-electron chi connectivity index (χ4n) is 2.64. The summed E-state index contributed by atoms with van der Waals surface area (Å²) < 4.78 is 1.09. The van der Waals surface area contributed by atoms with Gasteiger partial charge in [0.2, 0.25) is 0 Å². The van der Waals surface area contributed by atoms with Crippen molar-refractivity contribution < 1.29 is 4.79 Å². The molecule has 1 saturated carbocycles. The lowest BCUT2D eigenvalue weighted by Gasteiger charge is -2.12. The fourth-order valence-corrected chi connectivity index (χ4v) is 3.02. The molecule has 0 N–H and O–H groups in total. The Kier molecular flexibility index (Phi) is 1.46. The minimum absolute atomic E-state index is 0.220.